The fourth-order valence-corrected chi connectivity index (χ4v) is 4.32. The minimum Gasteiger partial charge on any atom is -0.480 e. The number of carbonyl (C=O) groups is 3. The van der Waals surface area contributed by atoms with Gasteiger partial charge in [-0.2, -0.15) is 0 Å². The second kappa shape index (κ2) is 9.32. The molecule has 0 heterocycles. The number of carboxylic acids is 2. The Balaban J connectivity index is 2.39. The number of nitrogens with one attached hydrogen (secondary N) is 1. The van der Waals surface area contributed by atoms with E-state index in [0.717, 1.165) is 30.3 Å². The first-order chi connectivity index (χ1) is 14.4. The number of hydrogen-bond donors (Lipinski definition) is 4. The lowest BCUT2D eigenvalue weighted by Crippen LogP contribution is -2.40. The van der Waals surface area contributed by atoms with Crippen LogP contribution in [0.1, 0.15) is 16.8 Å². The summed E-state index contributed by atoms with van der Waals surface area (Å²) in [6, 6.07) is 7.73. The fraction of sp³-hybridized carbons (Fsp3) is 0.167. The van der Waals surface area contributed by atoms with Gasteiger partial charge in [0.2, 0.25) is 0 Å². The highest BCUT2D eigenvalue weighted by Crippen LogP contribution is 2.27. The fourth-order valence-electron chi connectivity index (χ4n) is 2.59. The van der Waals surface area contributed by atoms with E-state index in [1.807, 2.05) is 0 Å². The van der Waals surface area contributed by atoms with Gasteiger partial charge in [-0.05, 0) is 24.3 Å². The average Bonchev–Trinajstić information content (AvgIpc) is 2.71. The molecule has 2 rings (SSSR count). The van der Waals surface area contributed by atoms with Gasteiger partial charge in [0.05, 0.1) is 15.5 Å². The summed E-state index contributed by atoms with van der Waals surface area (Å²) >= 11 is 0. The van der Waals surface area contributed by atoms with E-state index in [2.05, 4.69) is 5.32 Å². The molecule has 0 radical (unpaired) electrons. The highest BCUT2D eigenvalue weighted by Gasteiger charge is 2.38. The van der Waals surface area contributed by atoms with Gasteiger partial charge in [-0.15, -0.1) is 0 Å². The summed E-state index contributed by atoms with van der Waals surface area (Å²) in [6.45, 7) is 0. The number of amides is 1. The second-order valence-corrected chi connectivity index (χ2v) is 8.41. The van der Waals surface area contributed by atoms with E-state index in [0.29, 0.717) is 0 Å². The number of anilines is 1. The number of hydrogen-bond acceptors (Lipinski definition) is 8. The topological polar surface area (TPSA) is 207 Å². The summed E-state index contributed by atoms with van der Waals surface area (Å²) in [5, 5.41) is 29.1. The summed E-state index contributed by atoms with van der Waals surface area (Å²) in [5.74, 6) is -4.17. The average molecular weight is 451 g/mol. The van der Waals surface area contributed by atoms with E-state index in [-0.39, 0.29) is 16.9 Å². The van der Waals surface area contributed by atoms with Crippen molar-refractivity contribution in [3.63, 3.8) is 0 Å². The summed E-state index contributed by atoms with van der Waals surface area (Å²) in [4.78, 5) is 44.5. The van der Waals surface area contributed by atoms with Crippen LogP contribution >= 0.6 is 0 Å². The predicted molar refractivity (Wildman–Crippen MR) is 106 cm³/mol. The number of carboxylic acid groups (broad SMARTS) is 2. The van der Waals surface area contributed by atoms with Crippen LogP contribution in [-0.4, -0.2) is 52.7 Å². The van der Waals surface area contributed by atoms with E-state index in [4.69, 9.17) is 10.8 Å². The quantitative estimate of drug-likeness (QED) is 0.312. The number of para-hydroxylation sites is 1. The molecular formula is C18H17N3O9S. The highest BCUT2D eigenvalue weighted by atomic mass is 32.2. The molecule has 13 heteroatoms. The maximum Gasteiger partial charge on any atom is 0.322 e. The van der Waals surface area contributed by atoms with Gasteiger partial charge in [0.15, 0.2) is 15.1 Å². The summed E-state index contributed by atoms with van der Waals surface area (Å²) in [5.41, 5.74) is 4.80. The SMILES string of the molecule is N[C@@H](CC(C(=O)O)S(=O)(=O)c1ccccc1NC(=O)c1ccc([N+](=O)[O-])cc1)C(=O)O. The van der Waals surface area contributed by atoms with Crippen LogP contribution in [0.5, 0.6) is 0 Å². The van der Waals surface area contributed by atoms with Gasteiger partial charge in [0, 0.05) is 24.1 Å². The number of nitrogens with two attached hydrogens (primary N) is 1. The number of sulfone groups is 1. The summed E-state index contributed by atoms with van der Waals surface area (Å²) in [6.07, 6.45) is -0.891. The van der Waals surface area contributed by atoms with Crippen LogP contribution in [0.25, 0.3) is 0 Å². The van der Waals surface area contributed by atoms with Gasteiger partial charge < -0.3 is 21.3 Å². The molecule has 31 heavy (non-hydrogen) atoms. The van der Waals surface area contributed by atoms with Crippen molar-refractivity contribution in [1.82, 2.24) is 0 Å². The third-order valence-electron chi connectivity index (χ3n) is 4.22. The van der Waals surface area contributed by atoms with Crippen LogP contribution in [0.15, 0.2) is 53.4 Å². The number of nitro benzene ring substituents is 1. The van der Waals surface area contributed by atoms with E-state index in [1.54, 1.807) is 0 Å². The van der Waals surface area contributed by atoms with Crippen molar-refractivity contribution >= 4 is 39.1 Å². The van der Waals surface area contributed by atoms with Crippen LogP contribution in [0, 0.1) is 10.1 Å². The van der Waals surface area contributed by atoms with Crippen LogP contribution in [0.4, 0.5) is 11.4 Å². The zero-order valence-corrected chi connectivity index (χ0v) is 16.5. The minimum atomic E-state index is -4.65. The Hall–Kier alpha value is -3.84. The molecule has 0 saturated carbocycles. The maximum atomic E-state index is 12.9. The van der Waals surface area contributed by atoms with Crippen LogP contribution < -0.4 is 11.1 Å². The molecule has 0 aliphatic heterocycles. The van der Waals surface area contributed by atoms with Crippen LogP contribution in [0.3, 0.4) is 0 Å². The molecule has 0 aliphatic rings. The molecule has 164 valence electrons. The number of carbonyl (C=O) groups excluding carboxylic acids is 1. The first kappa shape index (κ1) is 23.4. The summed E-state index contributed by atoms with van der Waals surface area (Å²) in [7, 11) is -4.65. The normalized spacial score (nSPS) is 13.1. The summed E-state index contributed by atoms with van der Waals surface area (Å²) < 4.78 is 25.9. The molecule has 0 aliphatic carbocycles. The number of nitrogens with zero attached hydrogens (tertiary/aromatic N) is 1. The van der Waals surface area contributed by atoms with Crippen molar-refractivity contribution in [3.05, 3.63) is 64.2 Å². The van der Waals surface area contributed by atoms with Crippen LogP contribution in [-0.2, 0) is 19.4 Å². The molecule has 2 aromatic carbocycles. The molecule has 2 atom stereocenters. The van der Waals surface area contributed by atoms with Gasteiger partial charge in [0.25, 0.3) is 11.6 Å². The monoisotopic (exact) mass is 451 g/mol. The Kier molecular flexibility index (Phi) is 7.04. The highest BCUT2D eigenvalue weighted by molar-refractivity contribution is 7.93. The second-order valence-electron chi connectivity index (χ2n) is 6.31. The number of rotatable bonds is 9. The van der Waals surface area contributed by atoms with Crippen molar-refractivity contribution in [2.24, 2.45) is 5.73 Å². The maximum absolute atomic E-state index is 12.9. The number of aliphatic carboxylic acids is 2. The lowest BCUT2D eigenvalue weighted by atomic mass is 10.1. The van der Waals surface area contributed by atoms with Crippen molar-refractivity contribution in [2.75, 3.05) is 5.32 Å². The Labute approximate surface area is 175 Å². The molecule has 0 spiro atoms. The third-order valence-corrected chi connectivity index (χ3v) is 6.33. The standard InChI is InChI=1S/C18H17N3O9S/c19-12(17(23)24)9-15(18(25)26)31(29,30)14-4-2-1-3-13(14)20-16(22)10-5-7-11(8-6-10)21(27)28/h1-8,12,15H,9,19H2,(H,20,22)(H,23,24)(H,25,26)/t12-,15?/m0/s1. The molecule has 0 aromatic heterocycles. The van der Waals surface area contributed by atoms with Crippen molar-refractivity contribution in [1.29, 1.82) is 0 Å². The molecule has 1 amide bonds. The third kappa shape index (κ3) is 5.40. The number of benzene rings is 2. The number of non-ortho nitro benzene ring substituents is 1. The van der Waals surface area contributed by atoms with Gasteiger partial charge in [-0.3, -0.25) is 24.5 Å². The first-order valence-electron chi connectivity index (χ1n) is 8.55. The Morgan fingerprint density at radius 1 is 1.03 bits per heavy atom. The molecular weight excluding hydrogens is 434 g/mol. The van der Waals surface area contributed by atoms with Gasteiger partial charge in [0.1, 0.15) is 6.04 Å². The van der Waals surface area contributed by atoms with Gasteiger partial charge in [-0.1, -0.05) is 12.1 Å². The van der Waals surface area contributed by atoms with Crippen molar-refractivity contribution < 1.29 is 37.9 Å². The van der Waals surface area contributed by atoms with E-state index >= 15 is 0 Å². The van der Waals surface area contributed by atoms with Gasteiger partial charge >= 0.3 is 11.9 Å². The van der Waals surface area contributed by atoms with E-state index < -0.39 is 55.2 Å². The first-order valence-corrected chi connectivity index (χ1v) is 10.1. The molecule has 2 aromatic rings. The molecule has 0 bridgehead atoms. The largest absolute Gasteiger partial charge is 0.480 e. The van der Waals surface area contributed by atoms with Crippen molar-refractivity contribution in [2.45, 2.75) is 22.6 Å². The Bertz CT molecular complexity index is 1130. The zero-order valence-electron chi connectivity index (χ0n) is 15.7. The van der Waals surface area contributed by atoms with E-state index in [9.17, 15) is 38.0 Å². The lowest BCUT2D eigenvalue weighted by Gasteiger charge is -2.18. The zero-order chi connectivity index (χ0) is 23.3. The smallest absolute Gasteiger partial charge is 0.322 e. The molecule has 12 nitrogen and oxygen atoms in total. The minimum absolute atomic E-state index is 0.0134. The number of nitro groups is 1. The lowest BCUT2D eigenvalue weighted by molar-refractivity contribution is -0.384. The van der Waals surface area contributed by atoms with Gasteiger partial charge in [-0.25, -0.2) is 8.42 Å². The molecule has 1 unspecified atom stereocenters. The van der Waals surface area contributed by atoms with Crippen molar-refractivity contribution in [3.8, 4) is 0 Å². The van der Waals surface area contributed by atoms with Crippen LogP contribution in [0.2, 0.25) is 0 Å². The predicted octanol–water partition coefficient (Wildman–Crippen LogP) is 0.876. The molecule has 0 fully saturated rings. The Morgan fingerprint density at radius 3 is 2.13 bits per heavy atom. The van der Waals surface area contributed by atoms with E-state index in [1.165, 1.54) is 18.2 Å². The Morgan fingerprint density at radius 2 is 1.61 bits per heavy atom. The molecule has 5 N–H and O–H groups in total. The molecule has 0 saturated heterocycles.